The predicted molar refractivity (Wildman–Crippen MR) is 70.7 cm³/mol. The summed E-state index contributed by atoms with van der Waals surface area (Å²) >= 11 is 0. The quantitative estimate of drug-likeness (QED) is 0.529. The standard InChI is InChI=1S/C12H16ClNO4S/c13-19(16,17)10-7-11(14-8-10)12(15)18-9-5-3-1-2-4-6-9/h7-9,14H,1-6H2. The highest BCUT2D eigenvalue weighted by atomic mass is 35.7. The predicted octanol–water partition coefficient (Wildman–Crippen LogP) is 2.82. The summed E-state index contributed by atoms with van der Waals surface area (Å²) in [5, 5.41) is 0. The lowest BCUT2D eigenvalue weighted by Crippen LogP contribution is -2.17. The number of hydrogen-bond donors (Lipinski definition) is 1. The van der Waals surface area contributed by atoms with Crippen LogP contribution in [0.1, 0.15) is 49.0 Å². The number of nitrogens with one attached hydrogen (secondary N) is 1. The third-order valence-corrected chi connectivity index (χ3v) is 4.57. The number of halogens is 1. The summed E-state index contributed by atoms with van der Waals surface area (Å²) in [6.45, 7) is 0. The number of aromatic amines is 1. The molecule has 0 aliphatic heterocycles. The highest BCUT2D eigenvalue weighted by molar-refractivity contribution is 8.13. The lowest BCUT2D eigenvalue weighted by Gasteiger charge is -2.14. The Morgan fingerprint density at radius 3 is 2.42 bits per heavy atom. The van der Waals surface area contributed by atoms with E-state index in [-0.39, 0.29) is 16.7 Å². The second-order valence-electron chi connectivity index (χ2n) is 4.71. The van der Waals surface area contributed by atoms with Gasteiger partial charge >= 0.3 is 5.97 Å². The Morgan fingerprint density at radius 2 is 1.89 bits per heavy atom. The minimum absolute atomic E-state index is 0.0747. The van der Waals surface area contributed by atoms with Gasteiger partial charge in [-0.2, -0.15) is 0 Å². The fraction of sp³-hybridized carbons (Fsp3) is 0.583. The molecule has 2 rings (SSSR count). The lowest BCUT2D eigenvalue weighted by molar-refractivity contribution is 0.0261. The Balaban J connectivity index is 2.01. The molecule has 5 nitrogen and oxygen atoms in total. The average Bonchev–Trinajstić information content (AvgIpc) is 2.70. The number of esters is 1. The highest BCUT2D eigenvalue weighted by Crippen LogP contribution is 2.22. The molecular formula is C12H16ClNO4S. The van der Waals surface area contributed by atoms with Crippen LogP contribution >= 0.6 is 10.7 Å². The summed E-state index contributed by atoms with van der Waals surface area (Å²) in [7, 11) is 1.37. The van der Waals surface area contributed by atoms with Crippen LogP contribution in [0.5, 0.6) is 0 Å². The second kappa shape index (κ2) is 5.96. The number of carbonyl (C=O) groups is 1. The molecule has 0 bridgehead atoms. The van der Waals surface area contributed by atoms with Gasteiger partial charge < -0.3 is 9.72 Å². The molecule has 1 heterocycles. The maximum absolute atomic E-state index is 11.9. The van der Waals surface area contributed by atoms with Gasteiger partial charge in [0.15, 0.2) is 0 Å². The van der Waals surface area contributed by atoms with Crippen LogP contribution in [0.4, 0.5) is 0 Å². The van der Waals surface area contributed by atoms with Gasteiger partial charge in [0.05, 0.1) is 0 Å². The summed E-state index contributed by atoms with van der Waals surface area (Å²) in [5.74, 6) is -0.529. The molecule has 106 valence electrons. The molecule has 1 aromatic rings. The third kappa shape index (κ3) is 3.98. The topological polar surface area (TPSA) is 76.2 Å². The van der Waals surface area contributed by atoms with Crippen molar-refractivity contribution in [3.8, 4) is 0 Å². The Bertz CT molecular complexity index is 544. The van der Waals surface area contributed by atoms with Crippen molar-refractivity contribution in [1.82, 2.24) is 4.98 Å². The molecular weight excluding hydrogens is 290 g/mol. The zero-order valence-electron chi connectivity index (χ0n) is 10.4. The number of hydrogen-bond acceptors (Lipinski definition) is 4. The van der Waals surface area contributed by atoms with E-state index < -0.39 is 15.0 Å². The maximum atomic E-state index is 11.9. The van der Waals surface area contributed by atoms with E-state index in [4.69, 9.17) is 15.4 Å². The summed E-state index contributed by atoms with van der Waals surface area (Å²) < 4.78 is 27.6. The molecule has 0 unspecified atom stereocenters. The molecule has 0 aromatic carbocycles. The molecule has 7 heteroatoms. The lowest BCUT2D eigenvalue weighted by atomic mass is 10.1. The summed E-state index contributed by atoms with van der Waals surface area (Å²) in [6.07, 6.45) is 7.31. The minimum atomic E-state index is -3.82. The van der Waals surface area contributed by atoms with Crippen LogP contribution < -0.4 is 0 Å². The van der Waals surface area contributed by atoms with E-state index in [0.29, 0.717) is 0 Å². The van der Waals surface area contributed by atoms with Gasteiger partial charge in [-0.05, 0) is 31.7 Å². The van der Waals surface area contributed by atoms with Crippen molar-refractivity contribution in [2.45, 2.75) is 49.5 Å². The van der Waals surface area contributed by atoms with Crippen LogP contribution in [-0.4, -0.2) is 25.5 Å². The molecule has 1 aromatic heterocycles. The fourth-order valence-electron chi connectivity index (χ4n) is 2.21. The zero-order valence-corrected chi connectivity index (χ0v) is 12.0. The second-order valence-corrected chi connectivity index (χ2v) is 7.27. The summed E-state index contributed by atoms with van der Waals surface area (Å²) in [5.41, 5.74) is 0.114. The van der Waals surface area contributed by atoms with Crippen molar-refractivity contribution in [2.75, 3.05) is 0 Å². The largest absolute Gasteiger partial charge is 0.458 e. The molecule has 0 saturated heterocycles. The molecule has 1 N–H and O–H groups in total. The van der Waals surface area contributed by atoms with Crippen LogP contribution in [-0.2, 0) is 13.8 Å². The number of H-pyrrole nitrogens is 1. The number of ether oxygens (including phenoxy) is 1. The normalized spacial score (nSPS) is 17.9. The molecule has 1 fully saturated rings. The number of carbonyl (C=O) groups excluding carboxylic acids is 1. The van der Waals surface area contributed by atoms with Gasteiger partial charge in [-0.25, -0.2) is 13.2 Å². The van der Waals surface area contributed by atoms with Crippen molar-refractivity contribution < 1.29 is 17.9 Å². The van der Waals surface area contributed by atoms with Crippen LogP contribution in [0.2, 0.25) is 0 Å². The molecule has 1 saturated carbocycles. The third-order valence-electron chi connectivity index (χ3n) is 3.23. The van der Waals surface area contributed by atoms with E-state index in [1.54, 1.807) is 0 Å². The monoisotopic (exact) mass is 305 g/mol. The molecule has 1 aliphatic carbocycles. The first kappa shape index (κ1) is 14.4. The SMILES string of the molecule is O=C(OC1CCCCCC1)c1cc(S(=O)(=O)Cl)c[nH]1. The molecule has 0 radical (unpaired) electrons. The van der Waals surface area contributed by atoms with Gasteiger partial charge in [-0.15, -0.1) is 0 Å². The van der Waals surface area contributed by atoms with E-state index in [9.17, 15) is 13.2 Å². The van der Waals surface area contributed by atoms with Crippen molar-refractivity contribution in [3.63, 3.8) is 0 Å². The zero-order chi connectivity index (χ0) is 13.9. The summed E-state index contributed by atoms with van der Waals surface area (Å²) in [4.78, 5) is 14.3. The Hall–Kier alpha value is -1.01. The number of rotatable bonds is 3. The average molecular weight is 306 g/mol. The molecule has 0 amide bonds. The van der Waals surface area contributed by atoms with Gasteiger partial charge in [0.2, 0.25) is 0 Å². The molecule has 0 spiro atoms. The molecule has 0 atom stereocenters. The smallest absolute Gasteiger partial charge is 0.355 e. The molecule has 19 heavy (non-hydrogen) atoms. The fourth-order valence-corrected chi connectivity index (χ4v) is 2.93. The number of aromatic nitrogens is 1. The Morgan fingerprint density at radius 1 is 1.26 bits per heavy atom. The van der Waals surface area contributed by atoms with Crippen molar-refractivity contribution in [1.29, 1.82) is 0 Å². The van der Waals surface area contributed by atoms with Crippen molar-refractivity contribution in [2.24, 2.45) is 0 Å². The van der Waals surface area contributed by atoms with E-state index in [1.165, 1.54) is 25.1 Å². The van der Waals surface area contributed by atoms with E-state index in [2.05, 4.69) is 4.98 Å². The van der Waals surface area contributed by atoms with Crippen molar-refractivity contribution in [3.05, 3.63) is 18.0 Å². The van der Waals surface area contributed by atoms with Gasteiger partial charge in [0, 0.05) is 16.9 Å². The van der Waals surface area contributed by atoms with E-state index in [1.807, 2.05) is 0 Å². The first-order valence-electron chi connectivity index (χ1n) is 6.31. The van der Waals surface area contributed by atoms with Gasteiger partial charge in [0.1, 0.15) is 16.7 Å². The van der Waals surface area contributed by atoms with Crippen LogP contribution in [0.15, 0.2) is 17.2 Å². The van der Waals surface area contributed by atoms with E-state index in [0.717, 1.165) is 25.7 Å². The van der Waals surface area contributed by atoms with Crippen LogP contribution in [0, 0.1) is 0 Å². The Kier molecular flexibility index (Phi) is 4.52. The highest BCUT2D eigenvalue weighted by Gasteiger charge is 2.21. The maximum Gasteiger partial charge on any atom is 0.355 e. The molecule has 1 aliphatic rings. The first-order chi connectivity index (χ1) is 8.97. The van der Waals surface area contributed by atoms with Gasteiger partial charge in [-0.3, -0.25) is 0 Å². The van der Waals surface area contributed by atoms with E-state index >= 15 is 0 Å². The van der Waals surface area contributed by atoms with Gasteiger partial charge in [-0.1, -0.05) is 12.8 Å². The van der Waals surface area contributed by atoms with Gasteiger partial charge in [0.25, 0.3) is 9.05 Å². The summed E-state index contributed by atoms with van der Waals surface area (Å²) in [6, 6.07) is 1.20. The van der Waals surface area contributed by atoms with Crippen molar-refractivity contribution >= 4 is 25.7 Å². The minimum Gasteiger partial charge on any atom is -0.458 e. The van der Waals surface area contributed by atoms with Crippen LogP contribution in [0.3, 0.4) is 0 Å². The first-order valence-corrected chi connectivity index (χ1v) is 8.62. The van der Waals surface area contributed by atoms with Crippen LogP contribution in [0.25, 0.3) is 0 Å². The Labute approximate surface area is 116 Å².